The Morgan fingerprint density at radius 3 is 2.75 bits per heavy atom. The molecule has 2 atom stereocenters. The van der Waals surface area contributed by atoms with Gasteiger partial charge in [0.25, 0.3) is 0 Å². The molecule has 1 aromatic heterocycles. The highest BCUT2D eigenvalue weighted by atomic mass is 16.5. The average molecular weight is 220 g/mol. The number of ether oxygens (including phenoxy) is 1. The molecule has 2 rings (SSSR count). The number of hydrogen-bond acceptors (Lipinski definition) is 3. The van der Waals surface area contributed by atoms with Crippen molar-refractivity contribution >= 4 is 5.69 Å². The standard InChI is InChI=1S/C13H20N2O/c1-10-5-3-4-6-12(10)15-11-7-8-13(16-2)14-9-11/h7-10,12,15H,3-6H2,1-2H3. The van der Waals surface area contributed by atoms with Crippen molar-refractivity contribution in [3.63, 3.8) is 0 Å². The van der Waals surface area contributed by atoms with Crippen molar-refractivity contribution in [2.75, 3.05) is 12.4 Å². The molecule has 2 unspecified atom stereocenters. The van der Waals surface area contributed by atoms with Gasteiger partial charge in [-0.15, -0.1) is 0 Å². The van der Waals surface area contributed by atoms with Crippen LogP contribution in [0, 0.1) is 5.92 Å². The predicted octanol–water partition coefficient (Wildman–Crippen LogP) is 3.08. The summed E-state index contributed by atoms with van der Waals surface area (Å²) in [5, 5.41) is 3.56. The minimum absolute atomic E-state index is 0.601. The van der Waals surface area contributed by atoms with Crippen molar-refractivity contribution in [1.29, 1.82) is 0 Å². The van der Waals surface area contributed by atoms with Crippen LogP contribution in [-0.4, -0.2) is 18.1 Å². The number of hydrogen-bond donors (Lipinski definition) is 1. The summed E-state index contributed by atoms with van der Waals surface area (Å²) in [4.78, 5) is 4.20. The number of pyridine rings is 1. The van der Waals surface area contributed by atoms with E-state index in [0.29, 0.717) is 11.9 Å². The molecule has 0 aliphatic heterocycles. The number of aromatic nitrogens is 1. The molecule has 88 valence electrons. The lowest BCUT2D eigenvalue weighted by Gasteiger charge is -2.30. The third-order valence-corrected chi connectivity index (χ3v) is 3.41. The van der Waals surface area contributed by atoms with Crippen molar-refractivity contribution in [3.8, 4) is 5.88 Å². The second-order valence-electron chi connectivity index (χ2n) is 4.60. The lowest BCUT2D eigenvalue weighted by Crippen LogP contribution is -2.30. The van der Waals surface area contributed by atoms with E-state index in [-0.39, 0.29) is 0 Å². The van der Waals surface area contributed by atoms with Gasteiger partial charge in [0.15, 0.2) is 0 Å². The third kappa shape index (κ3) is 2.65. The highest BCUT2D eigenvalue weighted by Crippen LogP contribution is 2.26. The van der Waals surface area contributed by atoms with E-state index in [4.69, 9.17) is 4.74 Å². The maximum Gasteiger partial charge on any atom is 0.213 e. The Morgan fingerprint density at radius 2 is 2.12 bits per heavy atom. The zero-order valence-corrected chi connectivity index (χ0v) is 10.1. The quantitative estimate of drug-likeness (QED) is 0.850. The zero-order valence-electron chi connectivity index (χ0n) is 10.1. The zero-order chi connectivity index (χ0) is 11.4. The second-order valence-corrected chi connectivity index (χ2v) is 4.60. The Kier molecular flexibility index (Phi) is 3.65. The first-order chi connectivity index (χ1) is 7.79. The molecule has 1 aromatic rings. The molecule has 3 nitrogen and oxygen atoms in total. The lowest BCUT2D eigenvalue weighted by atomic mass is 9.86. The molecule has 1 aliphatic rings. The number of anilines is 1. The summed E-state index contributed by atoms with van der Waals surface area (Å²) in [7, 11) is 1.64. The normalized spacial score (nSPS) is 25.1. The Morgan fingerprint density at radius 1 is 1.31 bits per heavy atom. The van der Waals surface area contributed by atoms with Gasteiger partial charge >= 0.3 is 0 Å². The Hall–Kier alpha value is -1.25. The molecule has 0 radical (unpaired) electrons. The van der Waals surface area contributed by atoms with Crippen molar-refractivity contribution in [1.82, 2.24) is 4.98 Å². The molecule has 0 aromatic carbocycles. The van der Waals surface area contributed by atoms with Gasteiger partial charge in [-0.05, 0) is 24.8 Å². The van der Waals surface area contributed by atoms with Gasteiger partial charge in [0.2, 0.25) is 5.88 Å². The molecule has 1 heterocycles. The van der Waals surface area contributed by atoms with Crippen LogP contribution in [0.5, 0.6) is 5.88 Å². The monoisotopic (exact) mass is 220 g/mol. The highest BCUT2D eigenvalue weighted by molar-refractivity contribution is 5.43. The van der Waals surface area contributed by atoms with Crippen molar-refractivity contribution in [2.24, 2.45) is 5.92 Å². The van der Waals surface area contributed by atoms with Crippen molar-refractivity contribution in [3.05, 3.63) is 18.3 Å². The topological polar surface area (TPSA) is 34.1 Å². The van der Waals surface area contributed by atoms with Crippen LogP contribution in [0.4, 0.5) is 5.69 Å². The summed E-state index contributed by atoms with van der Waals surface area (Å²) >= 11 is 0. The fraction of sp³-hybridized carbons (Fsp3) is 0.615. The smallest absolute Gasteiger partial charge is 0.213 e. The minimum atomic E-state index is 0.601. The fourth-order valence-electron chi connectivity index (χ4n) is 2.33. The van der Waals surface area contributed by atoms with Gasteiger partial charge in [0.1, 0.15) is 0 Å². The minimum Gasteiger partial charge on any atom is -0.481 e. The number of nitrogens with zero attached hydrogens (tertiary/aromatic N) is 1. The molecule has 3 heteroatoms. The van der Waals surface area contributed by atoms with Crippen LogP contribution >= 0.6 is 0 Å². The van der Waals surface area contributed by atoms with Crippen LogP contribution in [0.15, 0.2) is 18.3 Å². The third-order valence-electron chi connectivity index (χ3n) is 3.41. The van der Waals surface area contributed by atoms with E-state index in [9.17, 15) is 0 Å². The first-order valence-electron chi connectivity index (χ1n) is 6.06. The van der Waals surface area contributed by atoms with Gasteiger partial charge in [-0.2, -0.15) is 0 Å². The van der Waals surface area contributed by atoms with Gasteiger partial charge in [-0.1, -0.05) is 19.8 Å². The maximum absolute atomic E-state index is 5.04. The summed E-state index contributed by atoms with van der Waals surface area (Å²) in [6.45, 7) is 2.33. The van der Waals surface area contributed by atoms with E-state index in [1.54, 1.807) is 7.11 Å². The predicted molar refractivity (Wildman–Crippen MR) is 65.8 cm³/mol. The van der Waals surface area contributed by atoms with Gasteiger partial charge < -0.3 is 10.1 Å². The lowest BCUT2D eigenvalue weighted by molar-refractivity contribution is 0.349. The molecule has 0 saturated heterocycles. The van der Waals surface area contributed by atoms with Gasteiger partial charge in [0.05, 0.1) is 19.0 Å². The van der Waals surface area contributed by atoms with E-state index in [1.807, 2.05) is 18.3 Å². The molecule has 0 amide bonds. The number of methoxy groups -OCH3 is 1. The van der Waals surface area contributed by atoms with Crippen molar-refractivity contribution in [2.45, 2.75) is 38.6 Å². The maximum atomic E-state index is 5.04. The summed E-state index contributed by atoms with van der Waals surface area (Å²) in [6.07, 6.45) is 7.17. The van der Waals surface area contributed by atoms with E-state index in [1.165, 1.54) is 25.7 Å². The summed E-state index contributed by atoms with van der Waals surface area (Å²) in [5.74, 6) is 1.43. The van der Waals surface area contributed by atoms with Crippen LogP contribution in [0.2, 0.25) is 0 Å². The van der Waals surface area contributed by atoms with E-state index >= 15 is 0 Å². The first kappa shape index (κ1) is 11.2. The highest BCUT2D eigenvalue weighted by Gasteiger charge is 2.20. The Bertz CT molecular complexity index is 323. The van der Waals surface area contributed by atoms with E-state index < -0.39 is 0 Å². The van der Waals surface area contributed by atoms with E-state index in [2.05, 4.69) is 17.2 Å². The number of rotatable bonds is 3. The molecule has 0 spiro atoms. The molecule has 1 fully saturated rings. The van der Waals surface area contributed by atoms with Crippen LogP contribution in [0.25, 0.3) is 0 Å². The molecule has 1 N–H and O–H groups in total. The van der Waals surface area contributed by atoms with Gasteiger partial charge in [0, 0.05) is 12.1 Å². The summed E-state index contributed by atoms with van der Waals surface area (Å²) in [6, 6.07) is 4.53. The van der Waals surface area contributed by atoms with Gasteiger partial charge in [-0.25, -0.2) is 4.98 Å². The average Bonchev–Trinajstić information content (AvgIpc) is 2.33. The summed E-state index contributed by atoms with van der Waals surface area (Å²) in [5.41, 5.74) is 1.10. The largest absolute Gasteiger partial charge is 0.481 e. The first-order valence-corrected chi connectivity index (χ1v) is 6.06. The van der Waals surface area contributed by atoms with E-state index in [0.717, 1.165) is 11.6 Å². The Labute approximate surface area is 97.2 Å². The molecular weight excluding hydrogens is 200 g/mol. The summed E-state index contributed by atoms with van der Waals surface area (Å²) < 4.78 is 5.04. The van der Waals surface area contributed by atoms with Crippen LogP contribution < -0.4 is 10.1 Å². The molecular formula is C13H20N2O. The number of nitrogens with one attached hydrogen (secondary N) is 1. The van der Waals surface area contributed by atoms with Crippen LogP contribution in [0.3, 0.4) is 0 Å². The van der Waals surface area contributed by atoms with Gasteiger partial charge in [-0.3, -0.25) is 0 Å². The van der Waals surface area contributed by atoms with Crippen molar-refractivity contribution < 1.29 is 4.74 Å². The second kappa shape index (κ2) is 5.19. The SMILES string of the molecule is COc1ccc(NC2CCCCC2C)cn1. The molecule has 1 aliphatic carbocycles. The van der Waals surface area contributed by atoms with Crippen LogP contribution in [0.1, 0.15) is 32.6 Å². The Balaban J connectivity index is 1.96. The fourth-order valence-corrected chi connectivity index (χ4v) is 2.33. The molecule has 16 heavy (non-hydrogen) atoms. The molecule has 1 saturated carbocycles. The molecule has 0 bridgehead atoms. The van der Waals surface area contributed by atoms with Crippen LogP contribution in [-0.2, 0) is 0 Å².